The van der Waals surface area contributed by atoms with Crippen LogP contribution in [0.15, 0.2) is 6.33 Å². The number of aromatic nitrogens is 2. The van der Waals surface area contributed by atoms with Crippen LogP contribution >= 0.6 is 11.6 Å². The molecule has 0 fully saturated rings. The molecule has 8 heteroatoms. The SMILES string of the molecule is CC(C)(C)OC(=O)CC[C@H]1CNc2ncnc(Cl)c2NC1=O. The van der Waals surface area contributed by atoms with Crippen molar-refractivity contribution in [1.82, 2.24) is 9.97 Å². The minimum absolute atomic E-state index is 0.173. The van der Waals surface area contributed by atoms with E-state index in [1.807, 2.05) is 20.8 Å². The number of ether oxygens (including phenoxy) is 1. The zero-order valence-corrected chi connectivity index (χ0v) is 13.5. The van der Waals surface area contributed by atoms with Gasteiger partial charge in [0.2, 0.25) is 5.91 Å². The largest absolute Gasteiger partial charge is 0.460 e. The zero-order chi connectivity index (χ0) is 16.3. The van der Waals surface area contributed by atoms with Crippen molar-refractivity contribution in [2.45, 2.75) is 39.2 Å². The van der Waals surface area contributed by atoms with Crippen LogP contribution in [0, 0.1) is 5.92 Å². The third-order valence-corrected chi connectivity index (χ3v) is 3.34. The molecule has 1 aliphatic rings. The van der Waals surface area contributed by atoms with Crippen LogP contribution in [0.4, 0.5) is 11.5 Å². The maximum atomic E-state index is 12.2. The predicted octanol–water partition coefficient (Wildman–Crippen LogP) is 2.23. The number of hydrogen-bond acceptors (Lipinski definition) is 6. The van der Waals surface area contributed by atoms with E-state index in [4.69, 9.17) is 16.3 Å². The van der Waals surface area contributed by atoms with Crippen molar-refractivity contribution < 1.29 is 14.3 Å². The van der Waals surface area contributed by atoms with Gasteiger partial charge in [0.1, 0.15) is 17.6 Å². The molecule has 120 valence electrons. The van der Waals surface area contributed by atoms with Crippen molar-refractivity contribution in [3.8, 4) is 0 Å². The normalized spacial score (nSPS) is 17.8. The molecule has 2 heterocycles. The van der Waals surface area contributed by atoms with Gasteiger partial charge in [0.25, 0.3) is 0 Å². The van der Waals surface area contributed by atoms with Crippen molar-refractivity contribution in [1.29, 1.82) is 0 Å². The molecule has 1 aliphatic heterocycles. The standard InChI is InChI=1S/C14H19ClN4O3/c1-14(2,3)22-9(20)5-4-8-6-16-12-10(19-13(8)21)11(15)17-7-18-12/h7-8H,4-6H2,1-3H3,(H,19,21)(H,16,17,18)/t8-/m0/s1. The third-order valence-electron chi connectivity index (χ3n) is 3.05. The maximum Gasteiger partial charge on any atom is 0.306 e. The van der Waals surface area contributed by atoms with E-state index < -0.39 is 5.60 Å². The van der Waals surface area contributed by atoms with Crippen molar-refractivity contribution in [2.75, 3.05) is 17.2 Å². The summed E-state index contributed by atoms with van der Waals surface area (Å²) < 4.78 is 5.24. The quantitative estimate of drug-likeness (QED) is 0.653. The molecule has 2 rings (SSSR count). The summed E-state index contributed by atoms with van der Waals surface area (Å²) in [7, 11) is 0. The molecule has 0 saturated carbocycles. The second kappa shape index (κ2) is 6.48. The number of anilines is 2. The molecule has 0 radical (unpaired) electrons. The number of nitrogens with zero attached hydrogens (tertiary/aromatic N) is 2. The van der Waals surface area contributed by atoms with E-state index in [1.165, 1.54) is 6.33 Å². The average Bonchev–Trinajstić information content (AvgIpc) is 2.55. The van der Waals surface area contributed by atoms with Gasteiger partial charge in [-0.05, 0) is 27.2 Å². The van der Waals surface area contributed by atoms with E-state index in [1.54, 1.807) is 0 Å². The highest BCUT2D eigenvalue weighted by atomic mass is 35.5. The summed E-state index contributed by atoms with van der Waals surface area (Å²) in [5, 5.41) is 5.93. The number of amides is 1. The molecule has 0 aromatic carbocycles. The van der Waals surface area contributed by atoms with Crippen molar-refractivity contribution in [3.63, 3.8) is 0 Å². The number of rotatable bonds is 3. The van der Waals surface area contributed by atoms with Gasteiger partial charge in [0.05, 0.1) is 5.92 Å². The molecule has 0 spiro atoms. The molecule has 0 bridgehead atoms. The summed E-state index contributed by atoms with van der Waals surface area (Å²) in [5.74, 6) is -0.433. The Kier molecular flexibility index (Phi) is 4.85. The highest BCUT2D eigenvalue weighted by molar-refractivity contribution is 6.33. The Morgan fingerprint density at radius 1 is 1.45 bits per heavy atom. The van der Waals surface area contributed by atoms with Crippen LogP contribution in [0.3, 0.4) is 0 Å². The van der Waals surface area contributed by atoms with E-state index in [0.717, 1.165) is 0 Å². The van der Waals surface area contributed by atoms with Crippen molar-refractivity contribution in [3.05, 3.63) is 11.5 Å². The van der Waals surface area contributed by atoms with Crippen LogP contribution in [0.25, 0.3) is 0 Å². The number of halogens is 1. The lowest BCUT2D eigenvalue weighted by molar-refractivity contribution is -0.155. The fraction of sp³-hybridized carbons (Fsp3) is 0.571. The molecule has 1 amide bonds. The maximum absolute atomic E-state index is 12.2. The van der Waals surface area contributed by atoms with Gasteiger partial charge >= 0.3 is 5.97 Å². The Hall–Kier alpha value is -1.89. The van der Waals surface area contributed by atoms with Crippen LogP contribution in [-0.4, -0.2) is 34.0 Å². The van der Waals surface area contributed by atoms with Crippen LogP contribution in [0.2, 0.25) is 5.15 Å². The van der Waals surface area contributed by atoms with Crippen molar-refractivity contribution in [2.24, 2.45) is 5.92 Å². The van der Waals surface area contributed by atoms with Gasteiger partial charge in [0.15, 0.2) is 11.0 Å². The van der Waals surface area contributed by atoms with Crippen LogP contribution in [-0.2, 0) is 14.3 Å². The van der Waals surface area contributed by atoms with E-state index in [2.05, 4.69) is 20.6 Å². The first-order valence-corrected chi connectivity index (χ1v) is 7.41. The summed E-state index contributed by atoms with van der Waals surface area (Å²) >= 11 is 5.95. The van der Waals surface area contributed by atoms with E-state index in [-0.39, 0.29) is 29.4 Å². The number of carbonyl (C=O) groups excluding carboxylic acids is 2. The van der Waals surface area contributed by atoms with Gasteiger partial charge in [-0.2, -0.15) is 0 Å². The lowest BCUT2D eigenvalue weighted by Crippen LogP contribution is -2.28. The number of carbonyl (C=O) groups is 2. The lowest BCUT2D eigenvalue weighted by atomic mass is 10.0. The van der Waals surface area contributed by atoms with Gasteiger partial charge in [-0.1, -0.05) is 11.6 Å². The molecule has 7 nitrogen and oxygen atoms in total. The molecule has 0 unspecified atom stereocenters. The summed E-state index contributed by atoms with van der Waals surface area (Å²) in [6.45, 7) is 5.79. The fourth-order valence-corrected chi connectivity index (χ4v) is 2.24. The Morgan fingerprint density at radius 3 is 2.86 bits per heavy atom. The molecule has 22 heavy (non-hydrogen) atoms. The summed E-state index contributed by atoms with van der Waals surface area (Å²) in [6.07, 6.45) is 1.88. The summed E-state index contributed by atoms with van der Waals surface area (Å²) in [5.41, 5.74) is -0.158. The predicted molar refractivity (Wildman–Crippen MR) is 82.7 cm³/mol. The topological polar surface area (TPSA) is 93.2 Å². The van der Waals surface area contributed by atoms with Gasteiger partial charge in [-0.15, -0.1) is 0 Å². The highest BCUT2D eigenvalue weighted by Crippen LogP contribution is 2.29. The molecular weight excluding hydrogens is 308 g/mol. The number of fused-ring (bicyclic) bond motifs is 1. The van der Waals surface area contributed by atoms with Crippen LogP contribution < -0.4 is 10.6 Å². The molecular formula is C14H19ClN4O3. The molecule has 1 aromatic rings. The first-order valence-electron chi connectivity index (χ1n) is 7.03. The number of esters is 1. The second-order valence-electron chi connectivity index (χ2n) is 6.08. The molecule has 2 N–H and O–H groups in total. The lowest BCUT2D eigenvalue weighted by Gasteiger charge is -2.20. The average molecular weight is 327 g/mol. The van der Waals surface area contributed by atoms with E-state index in [9.17, 15) is 9.59 Å². The Labute approximate surface area is 133 Å². The Balaban J connectivity index is 1.97. The summed E-state index contributed by atoms with van der Waals surface area (Å²) in [6, 6.07) is 0. The Morgan fingerprint density at radius 2 is 2.18 bits per heavy atom. The molecule has 1 aromatic heterocycles. The Bertz CT molecular complexity index is 586. The molecule has 0 aliphatic carbocycles. The first kappa shape index (κ1) is 16.5. The monoisotopic (exact) mass is 326 g/mol. The van der Waals surface area contributed by atoms with Gasteiger partial charge in [-0.25, -0.2) is 9.97 Å². The smallest absolute Gasteiger partial charge is 0.306 e. The minimum atomic E-state index is -0.527. The van der Waals surface area contributed by atoms with E-state index in [0.29, 0.717) is 24.5 Å². The first-order chi connectivity index (χ1) is 10.3. The van der Waals surface area contributed by atoms with Gasteiger partial charge in [-0.3, -0.25) is 9.59 Å². The van der Waals surface area contributed by atoms with Crippen molar-refractivity contribution >= 4 is 35.0 Å². The number of hydrogen-bond donors (Lipinski definition) is 2. The van der Waals surface area contributed by atoms with E-state index >= 15 is 0 Å². The zero-order valence-electron chi connectivity index (χ0n) is 12.8. The fourth-order valence-electron chi connectivity index (χ4n) is 2.06. The van der Waals surface area contributed by atoms with Gasteiger partial charge in [0, 0.05) is 13.0 Å². The molecule has 0 saturated heterocycles. The third kappa shape index (κ3) is 4.30. The number of nitrogens with one attached hydrogen (secondary N) is 2. The van der Waals surface area contributed by atoms with Gasteiger partial charge < -0.3 is 15.4 Å². The second-order valence-corrected chi connectivity index (χ2v) is 6.44. The van der Waals surface area contributed by atoms with Crippen LogP contribution in [0.1, 0.15) is 33.6 Å². The minimum Gasteiger partial charge on any atom is -0.460 e. The highest BCUT2D eigenvalue weighted by Gasteiger charge is 2.27. The van der Waals surface area contributed by atoms with Crippen LogP contribution in [0.5, 0.6) is 0 Å². The summed E-state index contributed by atoms with van der Waals surface area (Å²) in [4.78, 5) is 31.8. The molecule has 1 atom stereocenters.